The normalized spacial score (nSPS) is 13.0. The highest BCUT2D eigenvalue weighted by Crippen LogP contribution is 2.11. The Kier molecular flexibility index (Phi) is 4.42. The molecule has 2 aromatic rings. The highest BCUT2D eigenvalue weighted by molar-refractivity contribution is 5.49. The molecule has 0 saturated carbocycles. The van der Waals surface area contributed by atoms with E-state index in [1.165, 1.54) is 0 Å². The first-order chi connectivity index (χ1) is 9.99. The molecule has 1 aromatic heterocycles. The Labute approximate surface area is 121 Å². The molecule has 1 aromatic carbocycles. The fourth-order valence-corrected chi connectivity index (χ4v) is 1.91. The number of rotatable bonds is 3. The molecule has 0 aliphatic heterocycles. The monoisotopic (exact) mass is 286 g/mol. The molecule has 110 valence electrons. The minimum Gasteiger partial charge on any atom is -0.497 e. The van der Waals surface area contributed by atoms with Gasteiger partial charge in [0.1, 0.15) is 16.4 Å². The third-order valence-corrected chi connectivity index (χ3v) is 2.91. The lowest BCUT2D eigenvalue weighted by Gasteiger charge is -1.99. The van der Waals surface area contributed by atoms with Crippen LogP contribution < -0.4 is 26.6 Å². The van der Waals surface area contributed by atoms with Gasteiger partial charge in [-0.3, -0.25) is 9.59 Å². The summed E-state index contributed by atoms with van der Waals surface area (Å²) in [6.45, 7) is 3.88. The van der Waals surface area contributed by atoms with Gasteiger partial charge in [0.2, 0.25) is 0 Å². The zero-order valence-corrected chi connectivity index (χ0v) is 12.3. The molecule has 0 fully saturated rings. The third-order valence-electron chi connectivity index (χ3n) is 2.91. The minimum atomic E-state index is -0.322. The fourth-order valence-electron chi connectivity index (χ4n) is 1.91. The van der Waals surface area contributed by atoms with E-state index in [0.29, 0.717) is 5.35 Å². The Balaban J connectivity index is 2.54. The molecule has 0 amide bonds. The lowest BCUT2D eigenvalue weighted by atomic mass is 10.2. The van der Waals surface area contributed by atoms with E-state index in [-0.39, 0.29) is 22.4 Å². The van der Waals surface area contributed by atoms with E-state index >= 15 is 0 Å². The maximum atomic E-state index is 12.0. The SMILES string of the molecule is COc1ccc(/C=c2\[nH]c(=O)/c(=C\C(C)C)[nH]c2=O)cc1. The summed E-state index contributed by atoms with van der Waals surface area (Å²) in [5.41, 5.74) is 0.179. The summed E-state index contributed by atoms with van der Waals surface area (Å²) >= 11 is 0. The Hall–Kier alpha value is -2.56. The summed E-state index contributed by atoms with van der Waals surface area (Å²) in [5, 5.41) is 0.521. The summed E-state index contributed by atoms with van der Waals surface area (Å²) in [6, 6.07) is 7.20. The van der Waals surface area contributed by atoms with E-state index in [1.807, 2.05) is 26.0 Å². The van der Waals surface area contributed by atoms with Gasteiger partial charge < -0.3 is 14.7 Å². The van der Waals surface area contributed by atoms with Gasteiger partial charge in [-0.25, -0.2) is 0 Å². The summed E-state index contributed by atoms with van der Waals surface area (Å²) in [7, 11) is 1.59. The summed E-state index contributed by atoms with van der Waals surface area (Å²) < 4.78 is 5.07. The van der Waals surface area contributed by atoms with E-state index in [2.05, 4.69) is 9.97 Å². The second-order valence-electron chi connectivity index (χ2n) is 5.06. The van der Waals surface area contributed by atoms with Crippen molar-refractivity contribution in [2.24, 2.45) is 5.92 Å². The lowest BCUT2D eigenvalue weighted by molar-refractivity contribution is 0.415. The number of hydrogen-bond donors (Lipinski definition) is 2. The predicted octanol–water partition coefficient (Wildman–Crippen LogP) is 0.337. The quantitative estimate of drug-likeness (QED) is 0.854. The van der Waals surface area contributed by atoms with Crippen molar-refractivity contribution < 1.29 is 4.74 Å². The molecular weight excluding hydrogens is 268 g/mol. The maximum absolute atomic E-state index is 12.0. The van der Waals surface area contributed by atoms with Crippen LogP contribution in [-0.2, 0) is 0 Å². The Morgan fingerprint density at radius 3 is 2.14 bits per heavy atom. The molecule has 0 unspecified atom stereocenters. The first kappa shape index (κ1) is 14.8. The van der Waals surface area contributed by atoms with Gasteiger partial charge in [-0.15, -0.1) is 0 Å². The van der Waals surface area contributed by atoms with Crippen LogP contribution >= 0.6 is 0 Å². The van der Waals surface area contributed by atoms with E-state index < -0.39 is 0 Å². The summed E-state index contributed by atoms with van der Waals surface area (Å²) in [5.74, 6) is 0.912. The molecule has 2 rings (SSSR count). The summed E-state index contributed by atoms with van der Waals surface area (Å²) in [4.78, 5) is 29.1. The van der Waals surface area contributed by atoms with Gasteiger partial charge in [-0.05, 0) is 29.7 Å². The van der Waals surface area contributed by atoms with Crippen LogP contribution in [0.4, 0.5) is 0 Å². The summed E-state index contributed by atoms with van der Waals surface area (Å²) in [6.07, 6.45) is 3.34. The number of ether oxygens (including phenoxy) is 1. The first-order valence-corrected chi connectivity index (χ1v) is 6.70. The van der Waals surface area contributed by atoms with Crippen molar-refractivity contribution in [3.8, 4) is 5.75 Å². The zero-order valence-electron chi connectivity index (χ0n) is 12.3. The number of hydrogen-bond acceptors (Lipinski definition) is 3. The van der Waals surface area contributed by atoms with Crippen LogP contribution in [-0.4, -0.2) is 17.1 Å². The van der Waals surface area contributed by atoms with Gasteiger partial charge >= 0.3 is 0 Å². The number of nitrogens with one attached hydrogen (secondary N) is 2. The van der Waals surface area contributed by atoms with Gasteiger partial charge in [0, 0.05) is 0 Å². The molecule has 21 heavy (non-hydrogen) atoms. The second kappa shape index (κ2) is 6.26. The van der Waals surface area contributed by atoms with Crippen LogP contribution in [0.1, 0.15) is 19.4 Å². The van der Waals surface area contributed by atoms with Crippen LogP contribution in [0.3, 0.4) is 0 Å². The van der Waals surface area contributed by atoms with Gasteiger partial charge in [0.05, 0.1) is 7.11 Å². The van der Waals surface area contributed by atoms with Crippen LogP contribution in [0.2, 0.25) is 0 Å². The van der Waals surface area contributed by atoms with Crippen molar-refractivity contribution in [3.05, 3.63) is 61.2 Å². The van der Waals surface area contributed by atoms with Crippen LogP contribution in [0, 0.1) is 5.92 Å². The molecule has 2 N–H and O–H groups in total. The highest BCUT2D eigenvalue weighted by Gasteiger charge is 1.97. The van der Waals surface area contributed by atoms with Crippen LogP contribution in [0.25, 0.3) is 12.2 Å². The lowest BCUT2D eigenvalue weighted by Crippen LogP contribution is -2.47. The molecule has 0 saturated heterocycles. The number of methoxy groups -OCH3 is 1. The van der Waals surface area contributed by atoms with E-state index in [0.717, 1.165) is 11.3 Å². The molecule has 0 atom stereocenters. The molecule has 1 heterocycles. The van der Waals surface area contributed by atoms with Crippen molar-refractivity contribution in [2.75, 3.05) is 7.11 Å². The molecule has 0 bridgehead atoms. The Morgan fingerprint density at radius 1 is 1.00 bits per heavy atom. The van der Waals surface area contributed by atoms with E-state index in [4.69, 9.17) is 4.74 Å². The van der Waals surface area contributed by atoms with Gasteiger partial charge in [-0.2, -0.15) is 0 Å². The van der Waals surface area contributed by atoms with Crippen molar-refractivity contribution >= 4 is 12.2 Å². The third kappa shape index (κ3) is 3.72. The van der Waals surface area contributed by atoms with Crippen LogP contribution in [0.5, 0.6) is 5.75 Å². The predicted molar refractivity (Wildman–Crippen MR) is 82.8 cm³/mol. The Morgan fingerprint density at radius 2 is 1.57 bits per heavy atom. The average molecular weight is 286 g/mol. The zero-order chi connectivity index (χ0) is 15.4. The highest BCUT2D eigenvalue weighted by atomic mass is 16.5. The number of aromatic nitrogens is 2. The fraction of sp³-hybridized carbons (Fsp3) is 0.250. The van der Waals surface area contributed by atoms with Crippen molar-refractivity contribution in [1.29, 1.82) is 0 Å². The van der Waals surface area contributed by atoms with E-state index in [1.54, 1.807) is 31.4 Å². The Bertz CT molecular complexity index is 843. The largest absolute Gasteiger partial charge is 0.497 e. The smallest absolute Gasteiger partial charge is 0.272 e. The number of benzene rings is 1. The van der Waals surface area contributed by atoms with E-state index in [9.17, 15) is 9.59 Å². The van der Waals surface area contributed by atoms with Crippen molar-refractivity contribution in [3.63, 3.8) is 0 Å². The topological polar surface area (TPSA) is 75.0 Å². The standard InChI is InChI=1S/C16H18N2O3/c1-10(2)8-13-15(19)18-14(16(20)17-13)9-11-4-6-12(21-3)7-5-11/h4-10H,1-3H3,(H,17,20)(H,18,19)/b13-8+,14-9-. The van der Waals surface area contributed by atoms with Gasteiger partial charge in [-0.1, -0.05) is 32.1 Å². The molecule has 0 radical (unpaired) electrons. The van der Waals surface area contributed by atoms with Crippen molar-refractivity contribution in [1.82, 2.24) is 9.97 Å². The number of H-pyrrole nitrogens is 2. The first-order valence-electron chi connectivity index (χ1n) is 6.70. The molecule has 5 nitrogen and oxygen atoms in total. The van der Waals surface area contributed by atoms with Gasteiger partial charge in [0.25, 0.3) is 11.1 Å². The molecule has 0 aliphatic rings. The average Bonchev–Trinajstić information content (AvgIpc) is 2.44. The molecular formula is C16H18N2O3. The van der Waals surface area contributed by atoms with Crippen molar-refractivity contribution in [2.45, 2.75) is 13.8 Å². The second-order valence-corrected chi connectivity index (χ2v) is 5.06. The van der Waals surface area contributed by atoms with Crippen LogP contribution in [0.15, 0.2) is 33.9 Å². The van der Waals surface area contributed by atoms with Gasteiger partial charge in [0.15, 0.2) is 0 Å². The number of aromatic amines is 2. The molecule has 0 spiro atoms. The minimum absolute atomic E-state index is 0.179. The molecule has 0 aliphatic carbocycles. The maximum Gasteiger partial charge on any atom is 0.272 e. The molecule has 5 heteroatoms.